The van der Waals surface area contributed by atoms with Gasteiger partial charge in [0.15, 0.2) is 11.6 Å². The Morgan fingerprint density at radius 3 is 2.09 bits per heavy atom. The maximum Gasteiger partial charge on any atom is 0.424 e. The highest BCUT2D eigenvalue weighted by molar-refractivity contribution is 6.11. The van der Waals surface area contributed by atoms with Crippen molar-refractivity contribution in [3.63, 3.8) is 0 Å². The topological polar surface area (TPSA) is 150 Å². The molecule has 1 aromatic carbocycles. The number of amides is 3. The van der Waals surface area contributed by atoms with Crippen LogP contribution < -0.4 is 15.5 Å². The van der Waals surface area contributed by atoms with Crippen molar-refractivity contribution in [1.82, 2.24) is 19.7 Å². The largest absolute Gasteiger partial charge is 0.444 e. The van der Waals surface area contributed by atoms with Gasteiger partial charge in [0.2, 0.25) is 0 Å². The van der Waals surface area contributed by atoms with Gasteiger partial charge in [-0.3, -0.25) is 15.0 Å². The fraction of sp³-hybridized carbons (Fsp3) is 0.487. The highest BCUT2D eigenvalue weighted by Crippen LogP contribution is 2.40. The quantitative estimate of drug-likeness (QED) is 0.188. The number of halogens is 3. The number of hydrogen-bond donors (Lipinski definition) is 2. The molecule has 2 N–H and O–H groups in total. The summed E-state index contributed by atoms with van der Waals surface area (Å²) in [7, 11) is 0. The van der Waals surface area contributed by atoms with Gasteiger partial charge >= 0.3 is 18.3 Å². The van der Waals surface area contributed by atoms with Crippen molar-refractivity contribution in [2.24, 2.45) is 0 Å². The normalized spacial score (nSPS) is 15.8. The highest BCUT2D eigenvalue weighted by Gasteiger charge is 2.37. The summed E-state index contributed by atoms with van der Waals surface area (Å²) in [6, 6.07) is 4.79. The molecule has 0 aliphatic carbocycles. The third-order valence-electron chi connectivity index (χ3n) is 8.36. The molecule has 1 aliphatic rings. The van der Waals surface area contributed by atoms with E-state index in [1.807, 2.05) is 6.92 Å². The second-order valence-corrected chi connectivity index (χ2v) is 16.7. The van der Waals surface area contributed by atoms with E-state index in [4.69, 9.17) is 14.2 Å². The minimum Gasteiger partial charge on any atom is -0.444 e. The SMILES string of the molecule is Cc1c(-c2cc3cc(Nc4cc5n(n4)CC(F)(F)CCC5C)ncc3c(NC(=O)OC(C)(C)C)c2F)cncc1N(C(=O)OC(C)(C)C)C(=O)OC(C)(C)C. The number of nitrogens with one attached hydrogen (secondary N) is 2. The van der Waals surface area contributed by atoms with Crippen LogP contribution in [-0.4, -0.2) is 60.8 Å². The summed E-state index contributed by atoms with van der Waals surface area (Å²) in [5.74, 6) is -3.38. The molecule has 3 aromatic heterocycles. The third kappa shape index (κ3) is 9.83. The van der Waals surface area contributed by atoms with Gasteiger partial charge < -0.3 is 19.5 Å². The van der Waals surface area contributed by atoms with Crippen molar-refractivity contribution in [3.05, 3.63) is 53.9 Å². The van der Waals surface area contributed by atoms with E-state index in [2.05, 4.69) is 25.7 Å². The first-order valence-electron chi connectivity index (χ1n) is 17.9. The molecule has 0 saturated heterocycles. The molecule has 1 unspecified atom stereocenters. The Bertz CT molecular complexity index is 2110. The summed E-state index contributed by atoms with van der Waals surface area (Å²) in [6.45, 7) is 17.7. The van der Waals surface area contributed by atoms with E-state index >= 15 is 4.39 Å². The lowest BCUT2D eigenvalue weighted by Gasteiger charge is -2.29. The second kappa shape index (κ2) is 14.7. The Labute approximate surface area is 317 Å². The first kappa shape index (κ1) is 40.8. The summed E-state index contributed by atoms with van der Waals surface area (Å²) in [4.78, 5) is 49.5. The van der Waals surface area contributed by atoms with Crippen LogP contribution in [-0.2, 0) is 20.8 Å². The van der Waals surface area contributed by atoms with E-state index in [1.54, 1.807) is 81.4 Å². The predicted octanol–water partition coefficient (Wildman–Crippen LogP) is 10.2. The van der Waals surface area contributed by atoms with E-state index in [9.17, 15) is 23.2 Å². The molecule has 5 rings (SSSR count). The molecule has 0 fully saturated rings. The number of ether oxygens (including phenoxy) is 3. The number of alkyl halides is 2. The fourth-order valence-corrected chi connectivity index (χ4v) is 5.98. The van der Waals surface area contributed by atoms with E-state index in [0.29, 0.717) is 22.4 Å². The number of aromatic nitrogens is 4. The molecule has 55 heavy (non-hydrogen) atoms. The number of pyridine rings is 2. The number of carbonyl (C=O) groups excluding carboxylic acids is 3. The molecule has 3 amide bonds. The number of rotatable bonds is 5. The fourth-order valence-electron chi connectivity index (χ4n) is 5.98. The standard InChI is InChI=1S/C39H48F3N7O6/c1-21-12-13-39(41,42)20-48-27(21)16-30(47-48)45-29-15-23-14-24(31(40)32(26(23)18-44-29)46-33(50)53-36(3,4)5)25-17-43-19-28(22(25)2)49(34(51)54-37(6,7)8)35(52)55-38(9,10)11/h14-19,21H,12-13,20H2,1-11H3,(H,46,50)(H,44,45,47). The van der Waals surface area contributed by atoms with E-state index in [-0.39, 0.29) is 57.4 Å². The lowest BCUT2D eigenvalue weighted by molar-refractivity contribution is -0.0253. The number of anilines is 4. The monoisotopic (exact) mass is 767 g/mol. The van der Waals surface area contributed by atoms with E-state index < -0.39 is 53.4 Å². The smallest absolute Gasteiger partial charge is 0.424 e. The van der Waals surface area contributed by atoms with Gasteiger partial charge in [0.05, 0.1) is 17.6 Å². The zero-order chi connectivity index (χ0) is 40.8. The molecule has 16 heteroatoms. The number of carbonyl (C=O) groups is 3. The first-order chi connectivity index (χ1) is 25.3. The van der Waals surface area contributed by atoms with Crippen LogP contribution in [0, 0.1) is 12.7 Å². The summed E-state index contributed by atoms with van der Waals surface area (Å²) >= 11 is 0. The molecule has 1 atom stereocenters. The Hall–Kier alpha value is -5.41. The summed E-state index contributed by atoms with van der Waals surface area (Å²) in [6.07, 6.45) is 1.04. The number of fused-ring (bicyclic) bond motifs is 2. The van der Waals surface area contributed by atoms with Gasteiger partial charge in [-0.15, -0.1) is 0 Å². The second-order valence-electron chi connectivity index (χ2n) is 16.7. The third-order valence-corrected chi connectivity index (χ3v) is 8.36. The van der Waals surface area contributed by atoms with Gasteiger partial charge in [0, 0.05) is 47.1 Å². The van der Waals surface area contributed by atoms with Gasteiger partial charge in [-0.2, -0.15) is 10.00 Å². The van der Waals surface area contributed by atoms with Crippen LogP contribution >= 0.6 is 0 Å². The Kier molecular flexibility index (Phi) is 10.9. The Balaban J connectivity index is 1.64. The maximum absolute atomic E-state index is 16.9. The van der Waals surface area contributed by atoms with Crippen LogP contribution in [0.15, 0.2) is 36.8 Å². The highest BCUT2D eigenvalue weighted by atomic mass is 19.3. The average molecular weight is 768 g/mol. The average Bonchev–Trinajstić information content (AvgIpc) is 3.36. The van der Waals surface area contributed by atoms with Crippen LogP contribution in [0.25, 0.3) is 21.9 Å². The van der Waals surface area contributed by atoms with Gasteiger partial charge in [-0.25, -0.2) is 32.5 Å². The van der Waals surface area contributed by atoms with Crippen LogP contribution in [0.5, 0.6) is 0 Å². The zero-order valence-electron chi connectivity index (χ0n) is 33.0. The molecule has 1 aliphatic heterocycles. The Morgan fingerprint density at radius 2 is 1.49 bits per heavy atom. The number of imide groups is 1. The van der Waals surface area contributed by atoms with Crippen molar-refractivity contribution in [2.45, 2.75) is 124 Å². The van der Waals surface area contributed by atoms with E-state index in [0.717, 1.165) is 0 Å². The van der Waals surface area contributed by atoms with Crippen LogP contribution in [0.2, 0.25) is 0 Å². The number of nitrogens with zero attached hydrogens (tertiary/aromatic N) is 5. The lowest BCUT2D eigenvalue weighted by atomic mass is 9.97. The molecule has 4 aromatic rings. The van der Waals surface area contributed by atoms with Crippen LogP contribution in [0.4, 0.5) is 50.6 Å². The van der Waals surface area contributed by atoms with Crippen molar-refractivity contribution in [1.29, 1.82) is 0 Å². The first-order valence-corrected chi connectivity index (χ1v) is 17.9. The molecular weight excluding hydrogens is 719 g/mol. The zero-order valence-corrected chi connectivity index (χ0v) is 33.0. The minimum absolute atomic E-state index is 0.0291. The van der Waals surface area contributed by atoms with Crippen molar-refractivity contribution < 1.29 is 41.8 Å². The van der Waals surface area contributed by atoms with Crippen LogP contribution in [0.1, 0.15) is 99.3 Å². The molecule has 4 heterocycles. The van der Waals surface area contributed by atoms with Gasteiger partial charge in [0.25, 0.3) is 5.92 Å². The summed E-state index contributed by atoms with van der Waals surface area (Å²) in [5.41, 5.74) is -2.14. The van der Waals surface area contributed by atoms with Crippen molar-refractivity contribution >= 4 is 52.1 Å². The number of hydrogen-bond acceptors (Lipinski definition) is 10. The molecule has 296 valence electrons. The van der Waals surface area contributed by atoms with Gasteiger partial charge in [-0.05, 0) is 105 Å². The molecule has 13 nitrogen and oxygen atoms in total. The molecule has 0 saturated carbocycles. The Morgan fingerprint density at radius 1 is 0.873 bits per heavy atom. The van der Waals surface area contributed by atoms with Gasteiger partial charge in [0.1, 0.15) is 29.2 Å². The lowest BCUT2D eigenvalue weighted by Crippen LogP contribution is -2.44. The molecule has 0 bridgehead atoms. The van der Waals surface area contributed by atoms with Gasteiger partial charge in [-0.1, -0.05) is 6.92 Å². The molecule has 0 radical (unpaired) electrons. The summed E-state index contributed by atoms with van der Waals surface area (Å²) in [5, 5.41) is 10.6. The van der Waals surface area contributed by atoms with E-state index in [1.165, 1.54) is 29.3 Å². The van der Waals surface area contributed by atoms with Crippen LogP contribution in [0.3, 0.4) is 0 Å². The molecular formula is C39H48F3N7O6. The molecule has 0 spiro atoms. The maximum atomic E-state index is 16.9. The number of benzene rings is 1. The minimum atomic E-state index is -2.90. The summed E-state index contributed by atoms with van der Waals surface area (Å²) < 4.78 is 63.6. The van der Waals surface area contributed by atoms with Crippen molar-refractivity contribution in [2.75, 3.05) is 15.5 Å². The van der Waals surface area contributed by atoms with Crippen molar-refractivity contribution in [3.8, 4) is 11.1 Å². The predicted molar refractivity (Wildman–Crippen MR) is 203 cm³/mol.